The van der Waals surface area contributed by atoms with E-state index in [1.54, 1.807) is 0 Å². The van der Waals surface area contributed by atoms with Gasteiger partial charge in [0.1, 0.15) is 0 Å². The molecule has 4 nitrogen and oxygen atoms in total. The van der Waals surface area contributed by atoms with Crippen molar-refractivity contribution in [3.8, 4) is 0 Å². The van der Waals surface area contributed by atoms with Gasteiger partial charge >= 0.3 is 107 Å². The van der Waals surface area contributed by atoms with E-state index in [1.165, 1.54) is 0 Å². The Morgan fingerprint density at radius 3 is 1.06 bits per heavy atom. The molecule has 0 saturated carbocycles. The third-order valence-electron chi connectivity index (χ3n) is 3.45. The number of phosphoric ester groups is 1. The predicted octanol–water partition coefficient (Wildman–Crippen LogP) is -1.76. The zero-order valence-electron chi connectivity index (χ0n) is 15.9. The smallest absolute Gasteiger partial charge is 0.790 e. The summed E-state index contributed by atoms with van der Waals surface area (Å²) in [6, 6.07) is 0. The molecule has 0 aromatic rings. The number of rotatable bonds is 10. The van der Waals surface area contributed by atoms with E-state index in [1.807, 2.05) is 0 Å². The van der Waals surface area contributed by atoms with Crippen LogP contribution in [0, 0.1) is 0 Å². The summed E-state index contributed by atoms with van der Waals surface area (Å²) in [5, 5.41) is 0. The Morgan fingerprint density at radius 1 is 0.529 bits per heavy atom. The number of alkyl halides is 17. The average Bonchev–Trinajstić information content (AvgIpc) is 2.50. The molecule has 0 N–H and O–H groups in total. The zero-order chi connectivity index (χ0) is 26.6. The second-order valence-electron chi connectivity index (χ2n) is 5.68. The Morgan fingerprint density at radius 2 is 0.794 bits per heavy atom. The summed E-state index contributed by atoms with van der Waals surface area (Å²) in [5.74, 6) is -57.6. The van der Waals surface area contributed by atoms with Crippen LogP contribution in [0.5, 0.6) is 0 Å². The fraction of sp³-hybridized carbons (Fsp3) is 1.00. The van der Waals surface area contributed by atoms with Gasteiger partial charge in [0, 0.05) is 6.42 Å². The van der Waals surface area contributed by atoms with Gasteiger partial charge in [0.15, 0.2) is 0 Å². The van der Waals surface area contributed by atoms with Crippen LogP contribution in [-0.4, -0.2) is 54.2 Å². The van der Waals surface area contributed by atoms with Gasteiger partial charge in [-0.05, 0) is 0 Å². The van der Waals surface area contributed by atoms with Crippen molar-refractivity contribution in [1.82, 2.24) is 0 Å². The molecule has 0 rings (SSSR count). The van der Waals surface area contributed by atoms with Crippen molar-refractivity contribution >= 4 is 7.82 Å². The summed E-state index contributed by atoms with van der Waals surface area (Å²) in [4.78, 5) is 19.9. The third kappa shape index (κ3) is 6.48. The van der Waals surface area contributed by atoms with E-state index in [2.05, 4.69) is 4.52 Å². The van der Waals surface area contributed by atoms with Crippen LogP contribution in [0.1, 0.15) is 6.42 Å². The van der Waals surface area contributed by atoms with Gasteiger partial charge in [0.25, 0.3) is 0 Å². The first-order valence-electron chi connectivity index (χ1n) is 6.84. The molecule has 194 valence electrons. The molecule has 0 heterocycles. The Hall–Kier alpha value is 0.920. The fourth-order valence-corrected chi connectivity index (χ4v) is 1.95. The first kappa shape index (κ1) is 39.4. The van der Waals surface area contributed by atoms with Crippen LogP contribution in [0.4, 0.5) is 74.6 Å². The van der Waals surface area contributed by atoms with Crippen molar-refractivity contribution < 1.29 is 153 Å². The number of phosphoric acid groups is 1. The number of halogens is 17. The molecule has 0 spiro atoms. The normalized spacial score (nSPS) is 15.5. The first-order chi connectivity index (χ1) is 13.5. The summed E-state index contributed by atoms with van der Waals surface area (Å²) < 4.78 is 232. The minimum atomic E-state index is -8.75. The Bertz CT molecular complexity index is 734. The monoisotopic (exact) mass is 590 g/mol. The number of hydrogen-bond donors (Lipinski definition) is 0. The molecule has 0 aromatic carbocycles. The van der Waals surface area contributed by atoms with E-state index < -0.39 is 68.5 Å². The van der Waals surface area contributed by atoms with Crippen molar-refractivity contribution in [3.05, 3.63) is 0 Å². The molecule has 0 fully saturated rings. The SMILES string of the molecule is O=P([O-])([O-])O[13CH2][13CH2]C(F)(F)C(F)(F)C(F)(F)C(F)(F)C(F)(F)C(F)(F)C(F)(F)C(F)(F)F.[Na+].[Na+]. The van der Waals surface area contributed by atoms with Crippen LogP contribution in [0.3, 0.4) is 0 Å². The largest absolute Gasteiger partial charge is 1.00 e. The molecule has 0 aliphatic carbocycles. The maximum absolute atomic E-state index is 13.3. The van der Waals surface area contributed by atoms with Crippen molar-refractivity contribution in [3.63, 3.8) is 0 Å². The van der Waals surface area contributed by atoms with E-state index in [0.29, 0.717) is 0 Å². The molecule has 0 aliphatic heterocycles. The molecule has 0 saturated heterocycles. The van der Waals surface area contributed by atoms with Crippen molar-refractivity contribution in [2.24, 2.45) is 0 Å². The van der Waals surface area contributed by atoms with Crippen LogP contribution in [0.2, 0.25) is 0 Å². The standard InChI is InChI=1S/C10H6F17O4P.2Na/c11-3(12,1-2-31-32(28,29)30)4(13,14)5(15,16)6(17,18)7(19,20)8(21,22)9(23,24)10(25,26)27;;/h1-2H2,(H2,28,29,30);;/q;2*+1/p-2/i1+1,2+1;;. The van der Waals surface area contributed by atoms with E-state index in [4.69, 9.17) is 0 Å². The number of hydrogen-bond acceptors (Lipinski definition) is 4. The Balaban J connectivity index is -0.00000480. The van der Waals surface area contributed by atoms with Crippen LogP contribution in [-0.2, 0) is 9.09 Å². The van der Waals surface area contributed by atoms with Crippen molar-refractivity contribution in [2.75, 3.05) is 6.61 Å². The van der Waals surface area contributed by atoms with Gasteiger partial charge in [0.05, 0.1) is 14.4 Å². The van der Waals surface area contributed by atoms with E-state index >= 15 is 0 Å². The quantitative estimate of drug-likeness (QED) is 0.131. The van der Waals surface area contributed by atoms with Crippen LogP contribution in [0.25, 0.3) is 0 Å². The molecule has 0 bridgehead atoms. The molecular weight excluding hydrogens is 586 g/mol. The van der Waals surface area contributed by atoms with Crippen molar-refractivity contribution in [1.29, 1.82) is 0 Å². The molecule has 0 radical (unpaired) electrons. The average molecular weight is 590 g/mol. The summed E-state index contributed by atoms with van der Waals surface area (Å²) in [6.07, 6.45) is -11.0. The topological polar surface area (TPSA) is 72.4 Å². The van der Waals surface area contributed by atoms with Gasteiger partial charge in [-0.1, -0.05) is 0 Å². The van der Waals surface area contributed by atoms with E-state index in [9.17, 15) is 89.0 Å². The molecule has 0 atom stereocenters. The molecule has 24 heteroatoms. The Kier molecular flexibility index (Phi) is 12.7. The second-order valence-corrected chi connectivity index (χ2v) is 6.83. The second kappa shape index (κ2) is 11.0. The Labute approximate surface area is 220 Å². The van der Waals surface area contributed by atoms with E-state index in [-0.39, 0.29) is 59.1 Å². The van der Waals surface area contributed by atoms with Crippen LogP contribution < -0.4 is 68.9 Å². The molecular formula is C10H4F17Na2O4P. The first-order valence-corrected chi connectivity index (χ1v) is 8.30. The molecule has 0 unspecified atom stereocenters. The summed E-state index contributed by atoms with van der Waals surface area (Å²) in [5.41, 5.74) is 0. The van der Waals surface area contributed by atoms with Gasteiger partial charge in [0.2, 0.25) is 0 Å². The fourth-order valence-electron chi connectivity index (χ4n) is 1.64. The zero-order valence-corrected chi connectivity index (χ0v) is 20.8. The van der Waals surface area contributed by atoms with Gasteiger partial charge in [-0.25, -0.2) is 0 Å². The summed E-state index contributed by atoms with van der Waals surface area (Å²) in [6.45, 7) is -2.49. The predicted molar refractivity (Wildman–Crippen MR) is 58.9 cm³/mol. The van der Waals surface area contributed by atoms with Crippen LogP contribution >= 0.6 is 7.82 Å². The summed E-state index contributed by atoms with van der Waals surface area (Å²) >= 11 is 0. The van der Waals surface area contributed by atoms with Gasteiger partial charge in [-0.15, -0.1) is 0 Å². The maximum atomic E-state index is 13.3. The molecule has 0 amide bonds. The van der Waals surface area contributed by atoms with Gasteiger partial charge in [-0.3, -0.25) is 0 Å². The molecule has 34 heavy (non-hydrogen) atoms. The third-order valence-corrected chi connectivity index (χ3v) is 3.95. The van der Waals surface area contributed by atoms with Gasteiger partial charge < -0.3 is 18.9 Å². The molecule has 0 aliphatic rings. The minimum absolute atomic E-state index is 0. The summed E-state index contributed by atoms with van der Waals surface area (Å²) in [7, 11) is -6.28. The van der Waals surface area contributed by atoms with E-state index in [0.717, 1.165) is 0 Å². The van der Waals surface area contributed by atoms with Gasteiger partial charge in [-0.2, -0.15) is 74.6 Å². The van der Waals surface area contributed by atoms with Crippen molar-refractivity contribution in [2.45, 2.75) is 54.1 Å². The minimum Gasteiger partial charge on any atom is -0.790 e. The molecule has 0 aromatic heterocycles. The van der Waals surface area contributed by atoms with Crippen LogP contribution in [0.15, 0.2) is 0 Å². The maximum Gasteiger partial charge on any atom is 1.00 e.